The molecule has 0 fully saturated rings. The molecule has 0 saturated heterocycles. The van der Waals surface area contributed by atoms with E-state index < -0.39 is 11.9 Å². The van der Waals surface area contributed by atoms with Crippen LogP contribution < -0.4 is 26.9 Å². The second-order valence-electron chi connectivity index (χ2n) is 6.64. The van der Waals surface area contributed by atoms with E-state index in [2.05, 4.69) is 15.8 Å². The summed E-state index contributed by atoms with van der Waals surface area (Å²) >= 11 is 0. The molecule has 0 bridgehead atoms. The van der Waals surface area contributed by atoms with E-state index in [0.29, 0.717) is 37.2 Å². The number of nitrogens with one attached hydrogen (secondary N) is 4. The highest BCUT2D eigenvalue weighted by molar-refractivity contribution is 6.35. The van der Waals surface area contributed by atoms with Gasteiger partial charge in [0, 0.05) is 12.6 Å². The third-order valence-electron chi connectivity index (χ3n) is 4.00. The first-order valence-electron chi connectivity index (χ1n) is 10.1. The Balaban J connectivity index is 2.69. The monoisotopic (exact) mass is 429 g/mol. The number of unbranched alkanes of at least 4 members (excludes halogenated alkanes) is 1. The first-order chi connectivity index (χ1) is 14.9. The zero-order chi connectivity index (χ0) is 23.1. The number of rotatable bonds is 13. The molecule has 0 aliphatic heterocycles. The molecule has 0 radical (unpaired) electrons. The summed E-state index contributed by atoms with van der Waals surface area (Å²) in [6.07, 6.45) is 6.64. The summed E-state index contributed by atoms with van der Waals surface area (Å²) in [5.74, 6) is -0.663. The van der Waals surface area contributed by atoms with Gasteiger partial charge in [-0.15, -0.1) is 0 Å². The summed E-state index contributed by atoms with van der Waals surface area (Å²) < 4.78 is 5.31. The topological polar surface area (TPSA) is 180 Å². The van der Waals surface area contributed by atoms with Gasteiger partial charge in [0.2, 0.25) is 5.91 Å². The number of hydrogen-bond acceptors (Lipinski definition) is 9. The van der Waals surface area contributed by atoms with E-state index in [-0.39, 0.29) is 17.5 Å². The first-order valence-corrected chi connectivity index (χ1v) is 10.1. The van der Waals surface area contributed by atoms with Crippen molar-refractivity contribution in [1.29, 1.82) is 10.8 Å². The standard InChI is InChI=1S/C21H31N7O3/c1-2-7-20(29)31-18-10-4-3-9-17(18)28-27-15(14-23)11-12-19(25)26-21(30)16(24)8-5-6-13-22/h3-4,9-12,14,16,23,28H,2,5-8,13,22,24H2,1H3,(H2,25,26,30)/b12-11-,23-14?,27-15?/t16-/m0/s1. The second kappa shape index (κ2) is 14.6. The number of benzene rings is 1. The Morgan fingerprint density at radius 3 is 2.68 bits per heavy atom. The number of para-hydroxylation sites is 2. The van der Waals surface area contributed by atoms with Crippen molar-refractivity contribution < 1.29 is 14.3 Å². The maximum absolute atomic E-state index is 12.0. The zero-order valence-electron chi connectivity index (χ0n) is 17.7. The van der Waals surface area contributed by atoms with Gasteiger partial charge in [-0.05, 0) is 50.1 Å². The predicted molar refractivity (Wildman–Crippen MR) is 123 cm³/mol. The van der Waals surface area contributed by atoms with Crippen LogP contribution >= 0.6 is 0 Å². The largest absolute Gasteiger partial charge is 0.424 e. The van der Waals surface area contributed by atoms with Crippen molar-refractivity contribution in [2.45, 2.75) is 45.1 Å². The van der Waals surface area contributed by atoms with Crippen molar-refractivity contribution in [3.05, 3.63) is 36.4 Å². The lowest BCUT2D eigenvalue weighted by atomic mass is 10.1. The van der Waals surface area contributed by atoms with Gasteiger partial charge in [-0.25, -0.2) is 0 Å². The average molecular weight is 430 g/mol. The summed E-state index contributed by atoms with van der Waals surface area (Å²) in [6, 6.07) is 6.07. The van der Waals surface area contributed by atoms with Crippen LogP contribution in [0.15, 0.2) is 41.5 Å². The number of amides is 1. The molecule has 0 aliphatic rings. The van der Waals surface area contributed by atoms with E-state index in [0.717, 1.165) is 19.1 Å². The van der Waals surface area contributed by atoms with Gasteiger partial charge in [-0.3, -0.25) is 20.4 Å². The maximum atomic E-state index is 12.0. The quantitative estimate of drug-likeness (QED) is 0.0695. The van der Waals surface area contributed by atoms with Crippen LogP contribution in [-0.2, 0) is 9.59 Å². The molecule has 8 N–H and O–H groups in total. The number of anilines is 1. The molecule has 1 atom stereocenters. The minimum Gasteiger partial charge on any atom is -0.424 e. The van der Waals surface area contributed by atoms with Crippen molar-refractivity contribution in [3.63, 3.8) is 0 Å². The Hall–Kier alpha value is -3.37. The molecule has 10 nitrogen and oxygen atoms in total. The summed E-state index contributed by atoms with van der Waals surface area (Å²) in [5.41, 5.74) is 14.6. The SMILES string of the molecule is CCCC(=O)Oc1ccccc1NN=C(C=N)/C=C\C(=N)NC(=O)[C@@H](N)CCCCN. The van der Waals surface area contributed by atoms with Crippen molar-refractivity contribution in [2.24, 2.45) is 16.6 Å². The maximum Gasteiger partial charge on any atom is 0.311 e. The first kappa shape index (κ1) is 25.7. The zero-order valence-corrected chi connectivity index (χ0v) is 17.7. The molecule has 1 rings (SSSR count). The number of carbonyl (C=O) groups is 2. The highest BCUT2D eigenvalue weighted by Gasteiger charge is 2.13. The molecular weight excluding hydrogens is 398 g/mol. The minimum atomic E-state index is -0.718. The van der Waals surface area contributed by atoms with E-state index in [1.165, 1.54) is 12.2 Å². The molecule has 10 heteroatoms. The van der Waals surface area contributed by atoms with Crippen molar-refractivity contribution in [1.82, 2.24) is 5.32 Å². The Morgan fingerprint density at radius 2 is 2.00 bits per heavy atom. The number of ether oxygens (including phenoxy) is 1. The second-order valence-corrected chi connectivity index (χ2v) is 6.64. The van der Waals surface area contributed by atoms with E-state index in [1.807, 2.05) is 6.92 Å². The molecule has 0 aromatic heterocycles. The molecule has 0 saturated carbocycles. The van der Waals surface area contributed by atoms with E-state index in [1.54, 1.807) is 24.3 Å². The fourth-order valence-corrected chi connectivity index (χ4v) is 2.34. The minimum absolute atomic E-state index is 0.178. The number of hydrogen-bond donors (Lipinski definition) is 6. The lowest BCUT2D eigenvalue weighted by Crippen LogP contribution is -2.42. The predicted octanol–water partition coefficient (Wildman–Crippen LogP) is 1.92. The molecule has 1 amide bonds. The summed E-state index contributed by atoms with van der Waals surface area (Å²) in [7, 11) is 0. The summed E-state index contributed by atoms with van der Waals surface area (Å²) in [6.45, 7) is 2.42. The van der Waals surface area contributed by atoms with Gasteiger partial charge in [0.25, 0.3) is 0 Å². The number of nitrogens with two attached hydrogens (primary N) is 2. The lowest BCUT2D eigenvalue weighted by molar-refractivity contribution is -0.134. The van der Waals surface area contributed by atoms with Gasteiger partial charge < -0.3 is 26.9 Å². The summed E-state index contributed by atoms with van der Waals surface area (Å²) in [5, 5.41) is 21.8. The van der Waals surface area contributed by atoms with Gasteiger partial charge in [0.15, 0.2) is 5.75 Å². The molecule has 31 heavy (non-hydrogen) atoms. The van der Waals surface area contributed by atoms with Gasteiger partial charge in [0.05, 0.1) is 11.7 Å². The van der Waals surface area contributed by atoms with Crippen LogP contribution in [0.25, 0.3) is 0 Å². The third kappa shape index (κ3) is 10.3. The van der Waals surface area contributed by atoms with Crippen molar-refractivity contribution in [2.75, 3.05) is 12.0 Å². The van der Waals surface area contributed by atoms with E-state index >= 15 is 0 Å². The molecule has 0 spiro atoms. The average Bonchev–Trinajstić information content (AvgIpc) is 2.75. The highest BCUT2D eigenvalue weighted by Crippen LogP contribution is 2.24. The van der Waals surface area contributed by atoms with Crippen molar-refractivity contribution in [3.8, 4) is 5.75 Å². The van der Waals surface area contributed by atoms with Gasteiger partial charge in [0.1, 0.15) is 11.5 Å². The van der Waals surface area contributed by atoms with Crippen LogP contribution in [0.1, 0.15) is 39.0 Å². The van der Waals surface area contributed by atoms with E-state index in [9.17, 15) is 9.59 Å². The number of nitrogens with zero attached hydrogens (tertiary/aromatic N) is 1. The van der Waals surface area contributed by atoms with Gasteiger partial charge in [-0.2, -0.15) is 5.10 Å². The Kier molecular flexibility index (Phi) is 12.1. The summed E-state index contributed by atoms with van der Waals surface area (Å²) in [4.78, 5) is 23.7. The van der Waals surface area contributed by atoms with E-state index in [4.69, 9.17) is 27.0 Å². The number of hydrazone groups is 1. The van der Waals surface area contributed by atoms with Crippen LogP contribution in [0.4, 0.5) is 5.69 Å². The van der Waals surface area contributed by atoms with Crippen LogP contribution in [0.2, 0.25) is 0 Å². The molecule has 1 aromatic carbocycles. The number of allylic oxidation sites excluding steroid dienone is 1. The highest BCUT2D eigenvalue weighted by atomic mass is 16.5. The molecule has 0 heterocycles. The fraction of sp³-hybridized carbons (Fsp3) is 0.381. The third-order valence-corrected chi connectivity index (χ3v) is 4.00. The smallest absolute Gasteiger partial charge is 0.311 e. The number of esters is 1. The molecule has 1 aromatic rings. The van der Waals surface area contributed by atoms with Crippen molar-refractivity contribution >= 4 is 35.3 Å². The van der Waals surface area contributed by atoms with Crippen LogP contribution in [-0.4, -0.2) is 42.2 Å². The molecule has 0 unspecified atom stereocenters. The lowest BCUT2D eigenvalue weighted by Gasteiger charge is -2.11. The van der Waals surface area contributed by atoms with Crippen LogP contribution in [0.3, 0.4) is 0 Å². The van der Waals surface area contributed by atoms with Crippen LogP contribution in [0, 0.1) is 10.8 Å². The van der Waals surface area contributed by atoms with Gasteiger partial charge >= 0.3 is 5.97 Å². The number of carbonyl (C=O) groups excluding carboxylic acids is 2. The normalized spacial score (nSPS) is 12.3. The Labute approximate surface area is 182 Å². The van der Waals surface area contributed by atoms with Gasteiger partial charge in [-0.1, -0.05) is 25.5 Å². The number of amidine groups is 1. The molecule has 168 valence electrons. The molecule has 0 aliphatic carbocycles. The Morgan fingerprint density at radius 1 is 1.26 bits per heavy atom. The fourth-order valence-electron chi connectivity index (χ4n) is 2.34. The Bertz CT molecular complexity index is 821. The molecular formula is C21H31N7O3. The van der Waals surface area contributed by atoms with Crippen LogP contribution in [0.5, 0.6) is 5.75 Å².